The van der Waals surface area contributed by atoms with Crippen LogP contribution in [0.3, 0.4) is 0 Å². The lowest BCUT2D eigenvalue weighted by molar-refractivity contribution is 0.405. The van der Waals surface area contributed by atoms with Crippen LogP contribution in [0.2, 0.25) is 0 Å². The largest absolute Gasteiger partial charge is 0.313 e. The molecule has 0 amide bonds. The molecule has 0 fully saturated rings. The summed E-state index contributed by atoms with van der Waals surface area (Å²) in [6.45, 7) is 6.52. The molecule has 0 aliphatic rings. The van der Waals surface area contributed by atoms with E-state index in [4.69, 9.17) is 0 Å². The molecule has 2 heteroatoms. The highest BCUT2D eigenvalue weighted by Gasteiger charge is 2.15. The summed E-state index contributed by atoms with van der Waals surface area (Å²) >= 11 is 0. The third-order valence-corrected chi connectivity index (χ3v) is 3.38. The summed E-state index contributed by atoms with van der Waals surface area (Å²) in [6.07, 6.45) is 3.50. The average Bonchev–Trinajstić information content (AvgIpc) is 2.30. The molecule has 0 radical (unpaired) electrons. The summed E-state index contributed by atoms with van der Waals surface area (Å²) < 4.78 is 13.3. The minimum Gasteiger partial charge on any atom is -0.313 e. The Labute approximate surface area is 104 Å². The molecule has 96 valence electrons. The van der Waals surface area contributed by atoms with Gasteiger partial charge in [-0.3, -0.25) is 0 Å². The average molecular weight is 237 g/mol. The van der Waals surface area contributed by atoms with Gasteiger partial charge in [-0.25, -0.2) is 4.39 Å². The minimum absolute atomic E-state index is 0.144. The minimum atomic E-state index is -0.144. The molecule has 0 heterocycles. The molecule has 2 atom stereocenters. The van der Waals surface area contributed by atoms with Crippen LogP contribution in [0.5, 0.6) is 0 Å². The van der Waals surface area contributed by atoms with Crippen LogP contribution in [0, 0.1) is 18.7 Å². The standard InChI is InChI=1S/C15H24FN/c1-5-6-11(2)9-15(17-4)14-10-13(16)8-7-12(14)3/h7-8,10-11,15,17H,5-6,9H2,1-4H3. The van der Waals surface area contributed by atoms with Crippen molar-refractivity contribution >= 4 is 0 Å². The molecule has 0 aliphatic heterocycles. The van der Waals surface area contributed by atoms with E-state index < -0.39 is 0 Å². The molecule has 2 unspecified atom stereocenters. The lowest BCUT2D eigenvalue weighted by atomic mass is 9.91. The fraction of sp³-hybridized carbons (Fsp3) is 0.600. The third kappa shape index (κ3) is 4.12. The van der Waals surface area contributed by atoms with Crippen LogP contribution in [-0.2, 0) is 0 Å². The lowest BCUT2D eigenvalue weighted by Crippen LogP contribution is -2.20. The summed E-state index contributed by atoms with van der Waals surface area (Å²) in [7, 11) is 1.95. The summed E-state index contributed by atoms with van der Waals surface area (Å²) in [4.78, 5) is 0. The van der Waals surface area contributed by atoms with Gasteiger partial charge < -0.3 is 5.32 Å². The molecule has 0 aromatic heterocycles. The van der Waals surface area contributed by atoms with Crippen molar-refractivity contribution in [2.24, 2.45) is 5.92 Å². The highest BCUT2D eigenvalue weighted by atomic mass is 19.1. The van der Waals surface area contributed by atoms with Crippen molar-refractivity contribution in [1.82, 2.24) is 5.32 Å². The number of benzene rings is 1. The van der Waals surface area contributed by atoms with Crippen molar-refractivity contribution in [2.45, 2.75) is 46.1 Å². The van der Waals surface area contributed by atoms with Crippen LogP contribution in [0.15, 0.2) is 18.2 Å². The maximum atomic E-state index is 13.3. The Balaban J connectivity index is 2.82. The van der Waals surface area contributed by atoms with Crippen molar-refractivity contribution in [1.29, 1.82) is 0 Å². The van der Waals surface area contributed by atoms with Gasteiger partial charge >= 0.3 is 0 Å². The van der Waals surface area contributed by atoms with Crippen LogP contribution in [0.25, 0.3) is 0 Å². The highest BCUT2D eigenvalue weighted by molar-refractivity contribution is 5.29. The smallest absolute Gasteiger partial charge is 0.123 e. The summed E-state index contributed by atoms with van der Waals surface area (Å²) in [5.74, 6) is 0.522. The van der Waals surface area contributed by atoms with Gasteiger partial charge in [0.15, 0.2) is 0 Å². The van der Waals surface area contributed by atoms with Crippen molar-refractivity contribution in [3.05, 3.63) is 35.1 Å². The molecule has 0 saturated heterocycles. The summed E-state index contributed by atoms with van der Waals surface area (Å²) in [6, 6.07) is 5.31. The number of halogens is 1. The molecule has 1 aromatic rings. The number of rotatable bonds is 6. The van der Waals surface area contributed by atoms with Gasteiger partial charge in [-0.05, 0) is 49.6 Å². The Morgan fingerprint density at radius 3 is 2.65 bits per heavy atom. The van der Waals surface area contributed by atoms with Gasteiger partial charge in [-0.2, -0.15) is 0 Å². The molecular formula is C15H24FN. The van der Waals surface area contributed by atoms with E-state index in [9.17, 15) is 4.39 Å². The number of aryl methyl sites for hydroxylation is 1. The van der Waals surface area contributed by atoms with E-state index in [0.717, 1.165) is 17.5 Å². The van der Waals surface area contributed by atoms with Crippen LogP contribution in [0.1, 0.15) is 50.3 Å². The maximum Gasteiger partial charge on any atom is 0.123 e. The van der Waals surface area contributed by atoms with Crippen molar-refractivity contribution in [3.63, 3.8) is 0 Å². The zero-order valence-electron chi connectivity index (χ0n) is 11.4. The Hall–Kier alpha value is -0.890. The lowest BCUT2D eigenvalue weighted by Gasteiger charge is -2.22. The molecular weight excluding hydrogens is 213 g/mol. The molecule has 0 spiro atoms. The first-order valence-corrected chi connectivity index (χ1v) is 6.51. The summed E-state index contributed by atoms with van der Waals surface area (Å²) in [5.41, 5.74) is 2.25. The van der Waals surface area contributed by atoms with E-state index in [2.05, 4.69) is 19.2 Å². The maximum absolute atomic E-state index is 13.3. The molecule has 1 rings (SSSR count). The molecule has 17 heavy (non-hydrogen) atoms. The fourth-order valence-corrected chi connectivity index (χ4v) is 2.40. The molecule has 1 N–H and O–H groups in total. The predicted octanol–water partition coefficient (Wildman–Crippen LogP) is 4.22. The van der Waals surface area contributed by atoms with E-state index in [1.807, 2.05) is 20.0 Å². The van der Waals surface area contributed by atoms with Crippen molar-refractivity contribution in [3.8, 4) is 0 Å². The van der Waals surface area contributed by atoms with E-state index >= 15 is 0 Å². The second-order valence-electron chi connectivity index (χ2n) is 4.97. The van der Waals surface area contributed by atoms with Crippen molar-refractivity contribution < 1.29 is 4.39 Å². The quantitative estimate of drug-likeness (QED) is 0.781. The van der Waals surface area contributed by atoms with Gasteiger partial charge in [0.1, 0.15) is 5.82 Å². The molecule has 0 bridgehead atoms. The van der Waals surface area contributed by atoms with E-state index in [1.165, 1.54) is 18.9 Å². The van der Waals surface area contributed by atoms with Gasteiger partial charge in [-0.1, -0.05) is 32.8 Å². The zero-order chi connectivity index (χ0) is 12.8. The Morgan fingerprint density at radius 2 is 2.06 bits per heavy atom. The zero-order valence-corrected chi connectivity index (χ0v) is 11.4. The van der Waals surface area contributed by atoms with E-state index in [-0.39, 0.29) is 11.9 Å². The first-order chi connectivity index (χ1) is 8.08. The molecule has 1 nitrogen and oxygen atoms in total. The van der Waals surface area contributed by atoms with Crippen LogP contribution < -0.4 is 5.32 Å². The van der Waals surface area contributed by atoms with Gasteiger partial charge in [0, 0.05) is 6.04 Å². The highest BCUT2D eigenvalue weighted by Crippen LogP contribution is 2.26. The normalized spacial score (nSPS) is 14.6. The van der Waals surface area contributed by atoms with E-state index in [0.29, 0.717) is 5.92 Å². The van der Waals surface area contributed by atoms with Gasteiger partial charge in [0.05, 0.1) is 0 Å². The number of hydrogen-bond acceptors (Lipinski definition) is 1. The topological polar surface area (TPSA) is 12.0 Å². The Morgan fingerprint density at radius 1 is 1.35 bits per heavy atom. The third-order valence-electron chi connectivity index (χ3n) is 3.38. The molecule has 0 saturated carbocycles. The van der Waals surface area contributed by atoms with Crippen LogP contribution in [-0.4, -0.2) is 7.05 Å². The van der Waals surface area contributed by atoms with E-state index in [1.54, 1.807) is 6.07 Å². The second-order valence-corrected chi connectivity index (χ2v) is 4.97. The second kappa shape index (κ2) is 6.75. The Bertz CT molecular complexity index is 349. The molecule has 0 aliphatic carbocycles. The SMILES string of the molecule is CCCC(C)CC(NC)c1cc(F)ccc1C. The van der Waals surface area contributed by atoms with Crippen LogP contribution >= 0.6 is 0 Å². The van der Waals surface area contributed by atoms with Gasteiger partial charge in [-0.15, -0.1) is 0 Å². The number of hydrogen-bond donors (Lipinski definition) is 1. The number of nitrogens with one attached hydrogen (secondary N) is 1. The molecule has 1 aromatic carbocycles. The van der Waals surface area contributed by atoms with Gasteiger partial charge in [0.2, 0.25) is 0 Å². The fourth-order valence-electron chi connectivity index (χ4n) is 2.40. The predicted molar refractivity (Wildman–Crippen MR) is 71.6 cm³/mol. The Kier molecular flexibility index (Phi) is 5.63. The first kappa shape index (κ1) is 14.2. The summed E-state index contributed by atoms with van der Waals surface area (Å²) in [5, 5.41) is 3.31. The van der Waals surface area contributed by atoms with Crippen LogP contribution in [0.4, 0.5) is 4.39 Å². The first-order valence-electron chi connectivity index (χ1n) is 6.51. The monoisotopic (exact) mass is 237 g/mol. The van der Waals surface area contributed by atoms with Crippen molar-refractivity contribution in [2.75, 3.05) is 7.05 Å². The van der Waals surface area contributed by atoms with Gasteiger partial charge in [0.25, 0.3) is 0 Å².